The average molecular weight is 394 g/mol. The first-order valence-corrected chi connectivity index (χ1v) is 10.0. The lowest BCUT2D eigenvalue weighted by molar-refractivity contribution is -0.130. The highest BCUT2D eigenvalue weighted by molar-refractivity contribution is 7.89. The Morgan fingerprint density at radius 2 is 1.89 bits per heavy atom. The maximum Gasteiger partial charge on any atom is 0.238 e. The van der Waals surface area contributed by atoms with Gasteiger partial charge >= 0.3 is 0 Å². The summed E-state index contributed by atoms with van der Waals surface area (Å²) in [5.41, 5.74) is 0.600. The second-order valence-electron chi connectivity index (χ2n) is 6.88. The molecule has 27 heavy (non-hydrogen) atoms. The molecule has 1 amide bonds. The van der Waals surface area contributed by atoms with Gasteiger partial charge < -0.3 is 5.32 Å². The second-order valence-corrected chi connectivity index (χ2v) is 8.44. The molecule has 3 N–H and O–H groups in total. The van der Waals surface area contributed by atoms with Crippen LogP contribution in [0.5, 0.6) is 0 Å². The summed E-state index contributed by atoms with van der Waals surface area (Å²) in [4.78, 5) is 12.8. The summed E-state index contributed by atoms with van der Waals surface area (Å²) in [5, 5.41) is 7.91. The lowest BCUT2D eigenvalue weighted by atomic mass is 9.63. The third-order valence-corrected chi connectivity index (χ3v) is 6.08. The standard InChI is InChI=1S/C19H20F2N2O3S/c1-12-9-15(27(22,25)26)5-3-13(12)11-23-18(24)19(7-2-8-19)16-6-4-14(20)10-17(16)21/h3-6,9-10H,2,7-8,11H2,1H3,(H,23,24)(H2,22,25,26). The number of sulfonamides is 1. The van der Waals surface area contributed by atoms with Crippen LogP contribution in [-0.2, 0) is 26.8 Å². The van der Waals surface area contributed by atoms with Crippen LogP contribution in [-0.4, -0.2) is 14.3 Å². The fourth-order valence-electron chi connectivity index (χ4n) is 3.42. The molecule has 144 valence electrons. The molecule has 1 aliphatic carbocycles. The lowest BCUT2D eigenvalue weighted by Gasteiger charge is -2.40. The van der Waals surface area contributed by atoms with Crippen LogP contribution in [0.25, 0.3) is 0 Å². The fraction of sp³-hybridized carbons (Fsp3) is 0.316. The van der Waals surface area contributed by atoms with Crippen molar-refractivity contribution in [3.05, 3.63) is 64.7 Å². The number of primary sulfonamides is 1. The highest BCUT2D eigenvalue weighted by Gasteiger charge is 2.47. The third kappa shape index (κ3) is 3.72. The van der Waals surface area contributed by atoms with E-state index in [1.807, 2.05) is 0 Å². The molecule has 2 aromatic rings. The molecular formula is C19H20F2N2O3S. The van der Waals surface area contributed by atoms with Gasteiger partial charge in [-0.3, -0.25) is 4.79 Å². The molecule has 1 saturated carbocycles. The molecule has 0 aromatic heterocycles. The zero-order chi connectivity index (χ0) is 19.8. The van der Waals surface area contributed by atoms with Crippen LogP contribution < -0.4 is 10.5 Å². The van der Waals surface area contributed by atoms with E-state index in [-0.39, 0.29) is 22.9 Å². The molecule has 2 aromatic carbocycles. The molecule has 0 radical (unpaired) electrons. The molecule has 0 saturated heterocycles. The number of carbonyl (C=O) groups excluding carboxylic acids is 1. The summed E-state index contributed by atoms with van der Waals surface area (Å²) < 4.78 is 50.2. The Kier molecular flexibility index (Phi) is 5.05. The lowest BCUT2D eigenvalue weighted by Crippen LogP contribution is -2.49. The Labute approximate surface area is 156 Å². The number of carbonyl (C=O) groups is 1. The minimum Gasteiger partial charge on any atom is -0.351 e. The van der Waals surface area contributed by atoms with Crippen LogP contribution in [0.2, 0.25) is 0 Å². The summed E-state index contributed by atoms with van der Waals surface area (Å²) in [6.07, 6.45) is 1.77. The normalized spacial score (nSPS) is 15.9. The van der Waals surface area contributed by atoms with Crippen LogP contribution in [0.3, 0.4) is 0 Å². The molecule has 3 rings (SSSR count). The van der Waals surface area contributed by atoms with E-state index in [9.17, 15) is 22.0 Å². The van der Waals surface area contributed by atoms with E-state index in [1.165, 1.54) is 18.2 Å². The van der Waals surface area contributed by atoms with Crippen molar-refractivity contribution in [2.75, 3.05) is 0 Å². The van der Waals surface area contributed by atoms with E-state index in [1.54, 1.807) is 13.0 Å². The number of rotatable bonds is 5. The van der Waals surface area contributed by atoms with Crippen LogP contribution in [0.4, 0.5) is 8.78 Å². The van der Waals surface area contributed by atoms with E-state index in [2.05, 4.69) is 5.32 Å². The zero-order valence-corrected chi connectivity index (χ0v) is 15.6. The Morgan fingerprint density at radius 1 is 1.19 bits per heavy atom. The summed E-state index contributed by atoms with van der Waals surface area (Å²) in [5.74, 6) is -1.73. The first-order valence-electron chi connectivity index (χ1n) is 8.50. The van der Waals surface area contributed by atoms with Gasteiger partial charge in [0.2, 0.25) is 15.9 Å². The molecule has 0 heterocycles. The van der Waals surface area contributed by atoms with E-state index < -0.39 is 27.1 Å². The summed E-state index contributed by atoms with van der Waals surface area (Å²) in [6, 6.07) is 7.68. The van der Waals surface area contributed by atoms with Crippen LogP contribution in [0, 0.1) is 18.6 Å². The van der Waals surface area contributed by atoms with Gasteiger partial charge in [-0.1, -0.05) is 18.6 Å². The third-order valence-electron chi connectivity index (χ3n) is 5.17. The zero-order valence-electron chi connectivity index (χ0n) is 14.8. The van der Waals surface area contributed by atoms with Crippen molar-refractivity contribution < 1.29 is 22.0 Å². The molecule has 0 aliphatic heterocycles. The summed E-state index contributed by atoms with van der Waals surface area (Å²) >= 11 is 0. The molecule has 0 atom stereocenters. The number of hydrogen-bond acceptors (Lipinski definition) is 3. The summed E-state index contributed by atoms with van der Waals surface area (Å²) in [6.45, 7) is 1.88. The quantitative estimate of drug-likeness (QED) is 0.817. The van der Waals surface area contributed by atoms with Gasteiger partial charge in [0.1, 0.15) is 11.6 Å². The number of halogens is 2. The highest BCUT2D eigenvalue weighted by Crippen LogP contribution is 2.45. The first kappa shape index (κ1) is 19.4. The number of nitrogens with two attached hydrogens (primary N) is 1. The van der Waals surface area contributed by atoms with Crippen molar-refractivity contribution in [2.45, 2.75) is 43.0 Å². The van der Waals surface area contributed by atoms with Gasteiger partial charge in [-0.15, -0.1) is 0 Å². The predicted molar refractivity (Wildman–Crippen MR) is 96.3 cm³/mol. The van der Waals surface area contributed by atoms with Gasteiger partial charge in [0.15, 0.2) is 0 Å². The topological polar surface area (TPSA) is 89.3 Å². The summed E-state index contributed by atoms with van der Waals surface area (Å²) in [7, 11) is -3.80. The Bertz CT molecular complexity index is 1000. The number of benzene rings is 2. The molecule has 0 bridgehead atoms. The van der Waals surface area contributed by atoms with E-state index in [0.717, 1.165) is 24.1 Å². The minimum absolute atomic E-state index is 0.000997. The van der Waals surface area contributed by atoms with Crippen molar-refractivity contribution >= 4 is 15.9 Å². The number of amides is 1. The van der Waals surface area contributed by atoms with Gasteiger partial charge in [0.05, 0.1) is 10.3 Å². The van der Waals surface area contributed by atoms with Crippen LogP contribution >= 0.6 is 0 Å². The molecular weight excluding hydrogens is 374 g/mol. The highest BCUT2D eigenvalue weighted by atomic mass is 32.2. The predicted octanol–water partition coefficient (Wildman–Crippen LogP) is 2.66. The molecule has 5 nitrogen and oxygen atoms in total. The van der Waals surface area contributed by atoms with Crippen molar-refractivity contribution in [1.82, 2.24) is 5.32 Å². The van der Waals surface area contributed by atoms with Crippen molar-refractivity contribution in [1.29, 1.82) is 0 Å². The maximum atomic E-state index is 14.2. The van der Waals surface area contributed by atoms with Gasteiger partial charge in [-0.05, 0) is 49.1 Å². The number of aryl methyl sites for hydroxylation is 1. The molecule has 1 aliphatic rings. The molecule has 0 spiro atoms. The largest absolute Gasteiger partial charge is 0.351 e. The molecule has 0 unspecified atom stereocenters. The van der Waals surface area contributed by atoms with Gasteiger partial charge in [-0.25, -0.2) is 22.3 Å². The molecule has 8 heteroatoms. The van der Waals surface area contributed by atoms with Crippen molar-refractivity contribution in [2.24, 2.45) is 5.14 Å². The first-order chi connectivity index (χ1) is 12.6. The number of nitrogens with one attached hydrogen (secondary N) is 1. The van der Waals surface area contributed by atoms with Crippen LogP contribution in [0.1, 0.15) is 36.0 Å². The monoisotopic (exact) mass is 394 g/mol. The average Bonchev–Trinajstić information content (AvgIpc) is 2.53. The Hall–Kier alpha value is -2.32. The van der Waals surface area contributed by atoms with E-state index >= 15 is 0 Å². The Morgan fingerprint density at radius 3 is 2.41 bits per heavy atom. The maximum absolute atomic E-state index is 14.2. The SMILES string of the molecule is Cc1cc(S(N)(=O)=O)ccc1CNC(=O)C1(c2ccc(F)cc2F)CCC1. The second kappa shape index (κ2) is 7.01. The van der Waals surface area contributed by atoms with E-state index in [4.69, 9.17) is 5.14 Å². The van der Waals surface area contributed by atoms with Gasteiger partial charge in [0.25, 0.3) is 0 Å². The minimum atomic E-state index is -3.80. The number of hydrogen-bond donors (Lipinski definition) is 2. The Balaban J connectivity index is 1.79. The van der Waals surface area contributed by atoms with E-state index in [0.29, 0.717) is 18.4 Å². The smallest absolute Gasteiger partial charge is 0.238 e. The molecule has 1 fully saturated rings. The van der Waals surface area contributed by atoms with Crippen LogP contribution in [0.15, 0.2) is 41.3 Å². The van der Waals surface area contributed by atoms with Crippen molar-refractivity contribution in [3.63, 3.8) is 0 Å². The van der Waals surface area contributed by atoms with Gasteiger partial charge in [0, 0.05) is 18.2 Å². The van der Waals surface area contributed by atoms with Gasteiger partial charge in [-0.2, -0.15) is 0 Å². The fourth-order valence-corrected chi connectivity index (χ4v) is 4.01. The van der Waals surface area contributed by atoms with Crippen molar-refractivity contribution in [3.8, 4) is 0 Å².